The molecule has 0 atom stereocenters. The second-order valence-corrected chi connectivity index (χ2v) is 6.41. The van der Waals surface area contributed by atoms with Gasteiger partial charge in [-0.3, -0.25) is 4.79 Å². The molecule has 27 heavy (non-hydrogen) atoms. The Labute approximate surface area is 157 Å². The molecule has 0 saturated carbocycles. The van der Waals surface area contributed by atoms with E-state index < -0.39 is 0 Å². The molecule has 6 heteroatoms. The summed E-state index contributed by atoms with van der Waals surface area (Å²) in [7, 11) is 6.26. The number of ketones is 1. The molecule has 0 spiro atoms. The minimum atomic E-state index is -0.153. The van der Waals surface area contributed by atoms with Crippen molar-refractivity contribution < 1.29 is 23.7 Å². The van der Waals surface area contributed by atoms with Gasteiger partial charge in [0, 0.05) is 18.0 Å². The maximum atomic E-state index is 13.1. The van der Waals surface area contributed by atoms with Crippen LogP contribution in [0.25, 0.3) is 12.3 Å². The van der Waals surface area contributed by atoms with E-state index in [1.165, 1.54) is 7.11 Å². The summed E-state index contributed by atoms with van der Waals surface area (Å²) in [6, 6.07) is 3.87. The second kappa shape index (κ2) is 6.54. The third kappa shape index (κ3) is 2.60. The Morgan fingerprint density at radius 2 is 1.59 bits per heavy atom. The average molecular weight is 367 g/mol. The van der Waals surface area contributed by atoms with Crippen molar-refractivity contribution >= 4 is 18.1 Å². The first-order valence-electron chi connectivity index (χ1n) is 8.65. The van der Waals surface area contributed by atoms with Crippen LogP contribution >= 0.6 is 0 Å². The first-order chi connectivity index (χ1) is 13.1. The zero-order valence-corrected chi connectivity index (χ0v) is 15.8. The summed E-state index contributed by atoms with van der Waals surface area (Å²) in [5.41, 5.74) is 2.50. The van der Waals surface area contributed by atoms with Gasteiger partial charge in [0.25, 0.3) is 0 Å². The van der Waals surface area contributed by atoms with Gasteiger partial charge < -0.3 is 23.8 Å². The first-order valence-corrected chi connectivity index (χ1v) is 8.65. The number of carbonyl (C=O) groups excluding carboxylic acids is 1. The monoisotopic (exact) mass is 367 g/mol. The van der Waals surface area contributed by atoms with E-state index in [2.05, 4.69) is 4.90 Å². The Balaban J connectivity index is 1.94. The van der Waals surface area contributed by atoms with Crippen LogP contribution in [0.5, 0.6) is 11.5 Å². The predicted molar refractivity (Wildman–Crippen MR) is 100 cm³/mol. The third-order valence-electron chi connectivity index (χ3n) is 5.07. The van der Waals surface area contributed by atoms with Crippen molar-refractivity contribution in [2.45, 2.75) is 6.42 Å². The lowest BCUT2D eigenvalue weighted by atomic mass is 9.86. The molecule has 1 aliphatic carbocycles. The minimum Gasteiger partial charge on any atom is -0.493 e. The van der Waals surface area contributed by atoms with E-state index in [0.29, 0.717) is 22.8 Å². The standard InChI is InChI=1S/C21H21NO5/c1-24-16-9-13-7-15-19-12(8-18(26-3)21(27-4)20(19)23)5-6-22(15)11-14(13)10-17(16)25-2/h7-11H,5-6H2,1-4H3. The van der Waals surface area contributed by atoms with Crippen molar-refractivity contribution in [3.8, 4) is 11.5 Å². The van der Waals surface area contributed by atoms with Gasteiger partial charge in [-0.2, -0.15) is 0 Å². The minimum absolute atomic E-state index is 0.153. The Morgan fingerprint density at radius 3 is 2.22 bits per heavy atom. The number of fused-ring (bicyclic) bond motifs is 3. The molecule has 4 rings (SSSR count). The van der Waals surface area contributed by atoms with Crippen LogP contribution in [0.4, 0.5) is 0 Å². The number of hydrogen-bond donors (Lipinski definition) is 0. The van der Waals surface area contributed by atoms with Gasteiger partial charge >= 0.3 is 0 Å². The number of nitrogens with zero attached hydrogens (tertiary/aromatic N) is 1. The lowest BCUT2D eigenvalue weighted by Gasteiger charge is -2.34. The number of hydrogen-bond acceptors (Lipinski definition) is 6. The fourth-order valence-corrected chi connectivity index (χ4v) is 3.75. The summed E-state index contributed by atoms with van der Waals surface area (Å²) >= 11 is 0. The van der Waals surface area contributed by atoms with E-state index in [1.54, 1.807) is 21.3 Å². The molecule has 0 bridgehead atoms. The number of allylic oxidation sites excluding steroid dienone is 3. The molecule has 0 radical (unpaired) electrons. The van der Waals surface area contributed by atoms with E-state index in [9.17, 15) is 4.79 Å². The SMILES string of the molecule is COC1=C(OC)C(=O)C2=C3C=c4cc(OC)c(OC)cc4=CN3CCC2=C1. The average Bonchev–Trinajstić information content (AvgIpc) is 2.70. The summed E-state index contributed by atoms with van der Waals surface area (Å²) in [5.74, 6) is 1.89. The van der Waals surface area contributed by atoms with Gasteiger partial charge in [0.1, 0.15) is 0 Å². The second-order valence-electron chi connectivity index (χ2n) is 6.41. The van der Waals surface area contributed by atoms with Gasteiger partial charge in [0.2, 0.25) is 11.5 Å². The molecular formula is C21H21NO5. The summed E-state index contributed by atoms with van der Waals surface area (Å²) < 4.78 is 21.5. The molecule has 6 nitrogen and oxygen atoms in total. The number of benzene rings is 1. The Morgan fingerprint density at radius 1 is 0.889 bits per heavy atom. The molecule has 1 aromatic carbocycles. The highest BCUT2D eigenvalue weighted by Gasteiger charge is 2.34. The van der Waals surface area contributed by atoms with Gasteiger partial charge in [0.05, 0.1) is 39.7 Å². The lowest BCUT2D eigenvalue weighted by molar-refractivity contribution is -0.115. The quantitative estimate of drug-likeness (QED) is 0.797. The van der Waals surface area contributed by atoms with Crippen LogP contribution in [0, 0.1) is 0 Å². The van der Waals surface area contributed by atoms with E-state index in [-0.39, 0.29) is 11.5 Å². The summed E-state index contributed by atoms with van der Waals surface area (Å²) in [4.78, 5) is 15.2. The molecule has 2 heterocycles. The number of methoxy groups -OCH3 is 4. The molecular weight excluding hydrogens is 346 g/mol. The fraction of sp³-hybridized carbons (Fsp3) is 0.286. The molecule has 0 N–H and O–H groups in total. The number of ether oxygens (including phenoxy) is 4. The van der Waals surface area contributed by atoms with Crippen LogP contribution in [0.15, 0.2) is 46.6 Å². The molecule has 140 valence electrons. The lowest BCUT2D eigenvalue weighted by Crippen LogP contribution is -2.39. The molecule has 3 aliphatic rings. The van der Waals surface area contributed by atoms with Crippen LogP contribution in [-0.4, -0.2) is 45.7 Å². The highest BCUT2D eigenvalue weighted by molar-refractivity contribution is 6.13. The van der Waals surface area contributed by atoms with Gasteiger partial charge in [-0.25, -0.2) is 0 Å². The van der Waals surface area contributed by atoms with Gasteiger partial charge in [-0.1, -0.05) is 0 Å². The summed E-state index contributed by atoms with van der Waals surface area (Å²) in [6.45, 7) is 0.779. The topological polar surface area (TPSA) is 57.2 Å². The zero-order chi connectivity index (χ0) is 19.1. The predicted octanol–water partition coefficient (Wildman–Crippen LogP) is 1.21. The van der Waals surface area contributed by atoms with Crippen molar-refractivity contribution in [3.05, 3.63) is 57.0 Å². The smallest absolute Gasteiger partial charge is 0.233 e. The number of Topliss-reactive ketones (excluding diaryl/α,β-unsaturated/α-hetero) is 1. The number of rotatable bonds is 4. The molecule has 0 amide bonds. The Kier molecular flexibility index (Phi) is 4.18. The van der Waals surface area contributed by atoms with Crippen molar-refractivity contribution in [2.24, 2.45) is 0 Å². The van der Waals surface area contributed by atoms with Gasteiger partial charge in [-0.15, -0.1) is 0 Å². The molecule has 0 aromatic heterocycles. The van der Waals surface area contributed by atoms with Crippen LogP contribution in [0.3, 0.4) is 0 Å². The van der Waals surface area contributed by atoms with Crippen molar-refractivity contribution in [1.82, 2.24) is 4.90 Å². The molecule has 0 unspecified atom stereocenters. The van der Waals surface area contributed by atoms with Crippen LogP contribution in [0.1, 0.15) is 6.42 Å². The summed E-state index contributed by atoms with van der Waals surface area (Å²) in [5, 5.41) is 1.99. The van der Waals surface area contributed by atoms with Gasteiger partial charge in [0.15, 0.2) is 17.3 Å². The van der Waals surface area contributed by atoms with Crippen LogP contribution < -0.4 is 19.9 Å². The zero-order valence-electron chi connectivity index (χ0n) is 15.8. The van der Waals surface area contributed by atoms with Crippen LogP contribution in [-0.2, 0) is 14.3 Å². The highest BCUT2D eigenvalue weighted by Crippen LogP contribution is 2.36. The molecule has 1 aromatic rings. The largest absolute Gasteiger partial charge is 0.493 e. The Hall–Kier alpha value is -3.15. The number of carbonyl (C=O) groups is 1. The maximum Gasteiger partial charge on any atom is 0.233 e. The third-order valence-corrected chi connectivity index (χ3v) is 5.07. The normalized spacial score (nSPS) is 17.9. The Bertz CT molecular complexity index is 1050. The molecule has 0 saturated heterocycles. The van der Waals surface area contributed by atoms with E-state index in [4.69, 9.17) is 18.9 Å². The first kappa shape index (κ1) is 17.3. The van der Waals surface area contributed by atoms with Crippen molar-refractivity contribution in [2.75, 3.05) is 35.0 Å². The van der Waals surface area contributed by atoms with E-state index >= 15 is 0 Å². The maximum absolute atomic E-state index is 13.1. The van der Waals surface area contributed by atoms with E-state index in [1.807, 2.05) is 30.5 Å². The molecule has 0 fully saturated rings. The van der Waals surface area contributed by atoms with E-state index in [0.717, 1.165) is 34.7 Å². The van der Waals surface area contributed by atoms with Crippen LogP contribution in [0.2, 0.25) is 0 Å². The molecule has 2 aliphatic heterocycles. The van der Waals surface area contributed by atoms with Crippen molar-refractivity contribution in [3.63, 3.8) is 0 Å². The fourth-order valence-electron chi connectivity index (χ4n) is 3.75. The van der Waals surface area contributed by atoms with Crippen molar-refractivity contribution in [1.29, 1.82) is 0 Å². The highest BCUT2D eigenvalue weighted by atomic mass is 16.5. The summed E-state index contributed by atoms with van der Waals surface area (Å²) in [6.07, 6.45) is 6.72. The van der Waals surface area contributed by atoms with Gasteiger partial charge in [-0.05, 0) is 41.5 Å².